The van der Waals surface area contributed by atoms with Crippen LogP contribution in [0.15, 0.2) is 33.8 Å². The van der Waals surface area contributed by atoms with Crippen molar-refractivity contribution in [2.45, 2.75) is 53.2 Å². The highest BCUT2D eigenvalue weighted by molar-refractivity contribution is 7.16. The van der Waals surface area contributed by atoms with Gasteiger partial charge in [-0.2, -0.15) is 4.99 Å². The molecule has 0 saturated heterocycles. The molecule has 186 valence electrons. The number of carbonyl (C=O) groups excluding carboxylic acids is 2. The van der Waals surface area contributed by atoms with Crippen LogP contribution in [0.3, 0.4) is 0 Å². The first-order valence-corrected chi connectivity index (χ1v) is 11.7. The molecule has 3 aromatic rings. The van der Waals surface area contributed by atoms with Gasteiger partial charge in [-0.05, 0) is 33.3 Å². The van der Waals surface area contributed by atoms with Gasteiger partial charge in [0.25, 0.3) is 0 Å². The van der Waals surface area contributed by atoms with Gasteiger partial charge in [0, 0.05) is 26.2 Å². The Labute approximate surface area is 205 Å². The van der Waals surface area contributed by atoms with Gasteiger partial charge in [-0.15, -0.1) is 0 Å². The van der Waals surface area contributed by atoms with E-state index in [4.69, 9.17) is 9.15 Å². The van der Waals surface area contributed by atoms with Crippen LogP contribution in [0.1, 0.15) is 60.2 Å². The van der Waals surface area contributed by atoms with Crippen molar-refractivity contribution in [3.05, 3.63) is 52.1 Å². The number of pyridine rings is 1. The van der Waals surface area contributed by atoms with Crippen molar-refractivity contribution in [1.29, 1.82) is 0 Å². The second kappa shape index (κ2) is 10.6. The Morgan fingerprint density at radius 3 is 2.71 bits per heavy atom. The third-order valence-corrected chi connectivity index (χ3v) is 5.53. The third kappa shape index (κ3) is 6.63. The lowest BCUT2D eigenvalue weighted by Gasteiger charge is -2.19. The number of fused-ring (bicyclic) bond motifs is 1. The van der Waals surface area contributed by atoms with E-state index in [-0.39, 0.29) is 24.4 Å². The zero-order valence-corrected chi connectivity index (χ0v) is 20.9. The van der Waals surface area contributed by atoms with Crippen LogP contribution in [-0.4, -0.2) is 49.8 Å². The van der Waals surface area contributed by atoms with Crippen LogP contribution >= 0.6 is 11.3 Å². The molecule has 0 aliphatic carbocycles. The number of hydrogen-bond acceptors (Lipinski definition) is 8. The first-order valence-electron chi connectivity index (χ1n) is 10.9. The van der Waals surface area contributed by atoms with Gasteiger partial charge in [-0.3, -0.25) is 9.36 Å². The number of thiazole rings is 1. The molecule has 0 spiro atoms. The minimum atomic E-state index is -1.10. The average molecular weight is 502 g/mol. The van der Waals surface area contributed by atoms with Crippen molar-refractivity contribution in [1.82, 2.24) is 19.9 Å². The lowest BCUT2D eigenvalue weighted by atomic mass is 10.2. The average Bonchev–Trinajstić information content (AvgIpc) is 3.31. The van der Waals surface area contributed by atoms with E-state index in [1.165, 1.54) is 12.3 Å². The highest BCUT2D eigenvalue weighted by Crippen LogP contribution is 2.18. The fourth-order valence-electron chi connectivity index (χ4n) is 3.06. The van der Waals surface area contributed by atoms with Crippen LogP contribution in [0, 0.1) is 6.92 Å². The summed E-state index contributed by atoms with van der Waals surface area (Å²) in [5, 5.41) is 11.9. The largest absolute Gasteiger partial charge is 0.478 e. The number of aromatic carboxylic acids is 1. The topological polar surface area (TPSA) is 149 Å². The molecule has 2 N–H and O–H groups in total. The Bertz CT molecular complexity index is 1360. The number of oxazole rings is 1. The van der Waals surface area contributed by atoms with Gasteiger partial charge in [0.05, 0.1) is 16.0 Å². The molecule has 3 rings (SSSR count). The van der Waals surface area contributed by atoms with E-state index in [2.05, 4.69) is 20.3 Å². The van der Waals surface area contributed by atoms with Crippen LogP contribution in [0.5, 0.6) is 0 Å². The number of carboxylic acid groups (broad SMARTS) is 1. The number of amides is 2. The molecule has 35 heavy (non-hydrogen) atoms. The van der Waals surface area contributed by atoms with Gasteiger partial charge >= 0.3 is 18.0 Å². The standard InChI is InChI=1S/C23H27N5O6S/c1-6-15-17(33-13(2)26-15)19(29)27-21-28(10-8-7-9-24-22(32)34-23(3,4)5)18-16(35-21)11-14(12-25-18)20(30)31/h7-8,11-12H,6,9-10H2,1-5H3,(H,24,32)(H,30,31)/b8-7+,27-21?. The van der Waals surface area contributed by atoms with Crippen LogP contribution < -0.4 is 10.1 Å². The molecule has 12 heteroatoms. The van der Waals surface area contributed by atoms with Crippen LogP contribution in [0.2, 0.25) is 0 Å². The third-order valence-electron chi connectivity index (χ3n) is 4.52. The maximum absolute atomic E-state index is 12.9. The molecule has 0 radical (unpaired) electrons. The van der Waals surface area contributed by atoms with Gasteiger partial charge in [0.2, 0.25) is 5.76 Å². The van der Waals surface area contributed by atoms with Crippen molar-refractivity contribution < 1.29 is 28.6 Å². The maximum atomic E-state index is 12.9. The fraction of sp³-hybridized carbons (Fsp3) is 0.391. The molecule has 2 amide bonds. The Balaban J connectivity index is 1.91. The predicted molar refractivity (Wildman–Crippen MR) is 128 cm³/mol. The van der Waals surface area contributed by atoms with Crippen LogP contribution in [-0.2, 0) is 17.7 Å². The first-order chi connectivity index (χ1) is 16.5. The normalized spacial score (nSPS) is 12.4. The van der Waals surface area contributed by atoms with Crippen LogP contribution in [0.4, 0.5) is 4.79 Å². The summed E-state index contributed by atoms with van der Waals surface area (Å²) in [6, 6.07) is 1.49. The lowest BCUT2D eigenvalue weighted by molar-refractivity contribution is 0.0533. The number of nitrogens with zero attached hydrogens (tertiary/aromatic N) is 4. The summed E-state index contributed by atoms with van der Waals surface area (Å²) in [7, 11) is 0. The quantitative estimate of drug-likeness (QED) is 0.467. The van der Waals surface area contributed by atoms with E-state index in [0.717, 1.165) is 11.3 Å². The zero-order valence-electron chi connectivity index (χ0n) is 20.1. The van der Waals surface area contributed by atoms with E-state index in [0.29, 0.717) is 33.2 Å². The predicted octanol–water partition coefficient (Wildman–Crippen LogP) is 3.48. The number of rotatable bonds is 7. The molecule has 0 aromatic carbocycles. The molecule has 0 fully saturated rings. The van der Waals surface area contributed by atoms with Crippen molar-refractivity contribution in [3.8, 4) is 0 Å². The summed E-state index contributed by atoms with van der Waals surface area (Å²) in [5.74, 6) is -1.24. The molecule has 0 atom stereocenters. The molecule has 3 aromatic heterocycles. The highest BCUT2D eigenvalue weighted by Gasteiger charge is 2.19. The molecule has 0 bridgehead atoms. The molecular formula is C23H27N5O6S. The maximum Gasteiger partial charge on any atom is 0.407 e. The molecule has 3 heterocycles. The fourth-order valence-corrected chi connectivity index (χ4v) is 4.09. The highest BCUT2D eigenvalue weighted by atomic mass is 32.1. The van der Waals surface area contributed by atoms with Crippen molar-refractivity contribution in [3.63, 3.8) is 0 Å². The number of ether oxygens (including phenoxy) is 1. The zero-order chi connectivity index (χ0) is 25.8. The summed E-state index contributed by atoms with van der Waals surface area (Å²) in [6.07, 6.45) is 4.73. The summed E-state index contributed by atoms with van der Waals surface area (Å²) in [6.45, 7) is 9.36. The number of aryl methyl sites for hydroxylation is 2. The Morgan fingerprint density at radius 1 is 1.31 bits per heavy atom. The van der Waals surface area contributed by atoms with Crippen molar-refractivity contribution in [2.24, 2.45) is 4.99 Å². The van der Waals surface area contributed by atoms with E-state index in [1.54, 1.807) is 44.4 Å². The van der Waals surface area contributed by atoms with Crippen LogP contribution in [0.25, 0.3) is 10.3 Å². The van der Waals surface area contributed by atoms with E-state index >= 15 is 0 Å². The number of alkyl carbamates (subject to hydrolysis) is 1. The SMILES string of the molecule is CCc1nc(C)oc1C(=O)N=c1sc2cc(C(=O)O)cnc2n1C/C=C/CNC(=O)OC(C)(C)C. The Morgan fingerprint density at radius 2 is 2.06 bits per heavy atom. The lowest BCUT2D eigenvalue weighted by Crippen LogP contribution is -2.32. The van der Waals surface area contributed by atoms with Gasteiger partial charge < -0.3 is 19.6 Å². The number of carbonyl (C=O) groups is 3. The van der Waals surface area contributed by atoms with Crippen molar-refractivity contribution >= 4 is 39.7 Å². The minimum absolute atomic E-state index is 0.0278. The van der Waals surface area contributed by atoms with Gasteiger partial charge in [0.1, 0.15) is 5.60 Å². The number of aromatic nitrogens is 3. The Kier molecular flexibility index (Phi) is 7.85. The van der Waals surface area contributed by atoms with E-state index < -0.39 is 23.6 Å². The number of hydrogen-bond donors (Lipinski definition) is 2. The van der Waals surface area contributed by atoms with E-state index in [1.807, 2.05) is 6.92 Å². The Hall–Kier alpha value is -3.80. The van der Waals surface area contributed by atoms with E-state index in [9.17, 15) is 19.5 Å². The monoisotopic (exact) mass is 501 g/mol. The number of nitrogens with one attached hydrogen (secondary N) is 1. The summed E-state index contributed by atoms with van der Waals surface area (Å²) in [5.41, 5.74) is 0.423. The second-order valence-corrected chi connectivity index (χ2v) is 9.49. The second-order valence-electron chi connectivity index (χ2n) is 8.48. The van der Waals surface area contributed by atoms with Crippen molar-refractivity contribution in [2.75, 3.05) is 6.54 Å². The minimum Gasteiger partial charge on any atom is -0.478 e. The summed E-state index contributed by atoms with van der Waals surface area (Å²) in [4.78, 5) is 49.0. The molecule has 0 saturated carbocycles. The molecule has 0 unspecified atom stereocenters. The molecule has 11 nitrogen and oxygen atoms in total. The number of carboxylic acids is 1. The molecule has 0 aliphatic heterocycles. The number of allylic oxidation sites excluding steroid dienone is 1. The van der Waals surface area contributed by atoms with Gasteiger partial charge in [0.15, 0.2) is 16.3 Å². The summed E-state index contributed by atoms with van der Waals surface area (Å²) < 4.78 is 12.9. The summed E-state index contributed by atoms with van der Waals surface area (Å²) >= 11 is 1.14. The smallest absolute Gasteiger partial charge is 0.407 e. The first kappa shape index (κ1) is 25.8. The van der Waals surface area contributed by atoms with Gasteiger partial charge in [-0.25, -0.2) is 19.6 Å². The molecule has 0 aliphatic rings. The molecular weight excluding hydrogens is 474 g/mol. The van der Waals surface area contributed by atoms with Gasteiger partial charge in [-0.1, -0.05) is 30.4 Å².